The van der Waals surface area contributed by atoms with Crippen LogP contribution < -0.4 is 11.3 Å². The van der Waals surface area contributed by atoms with Gasteiger partial charge in [0.2, 0.25) is 0 Å². The highest BCUT2D eigenvalue weighted by atomic mass is 16.5. The summed E-state index contributed by atoms with van der Waals surface area (Å²) in [5.41, 5.74) is 6.44. The fraction of sp³-hybridized carbons (Fsp3) is 0.143. The van der Waals surface area contributed by atoms with E-state index < -0.39 is 5.97 Å². The topological polar surface area (TPSA) is 74.3 Å². The number of carbonyl (C=O) groups excluding carboxylic acids is 1. The van der Waals surface area contributed by atoms with E-state index in [1.54, 1.807) is 42.6 Å². The number of ether oxygens (including phenoxy) is 1. The van der Waals surface area contributed by atoms with Crippen LogP contribution in [0.1, 0.15) is 10.4 Å². The molecule has 0 aliphatic carbocycles. The number of pyridine rings is 1. The molecule has 0 radical (unpaired) electrons. The largest absolute Gasteiger partial charge is 0.460 e. The van der Waals surface area contributed by atoms with E-state index in [9.17, 15) is 9.59 Å². The third kappa shape index (κ3) is 3.45. The Morgan fingerprint density at radius 1 is 1.16 bits per heavy atom. The van der Waals surface area contributed by atoms with Gasteiger partial charge in [-0.2, -0.15) is 0 Å². The third-order valence-electron chi connectivity index (χ3n) is 2.61. The molecule has 5 heteroatoms. The van der Waals surface area contributed by atoms with Crippen molar-refractivity contribution < 1.29 is 9.53 Å². The Kier molecular flexibility index (Phi) is 3.97. The van der Waals surface area contributed by atoms with Crippen molar-refractivity contribution in [2.45, 2.75) is 6.54 Å². The van der Waals surface area contributed by atoms with Crippen LogP contribution in [0.4, 0.5) is 5.69 Å². The molecule has 0 atom stereocenters. The van der Waals surface area contributed by atoms with Gasteiger partial charge in [0, 0.05) is 18.0 Å². The highest BCUT2D eigenvalue weighted by molar-refractivity contribution is 5.89. The lowest BCUT2D eigenvalue weighted by Gasteiger charge is -2.07. The van der Waals surface area contributed by atoms with E-state index in [1.165, 1.54) is 10.6 Å². The fourth-order valence-corrected chi connectivity index (χ4v) is 1.58. The Hall–Kier alpha value is -2.56. The van der Waals surface area contributed by atoms with Crippen molar-refractivity contribution in [3.05, 3.63) is 64.6 Å². The first-order valence-electron chi connectivity index (χ1n) is 5.85. The minimum Gasteiger partial charge on any atom is -0.460 e. The molecule has 0 bridgehead atoms. The molecule has 98 valence electrons. The molecule has 1 heterocycles. The van der Waals surface area contributed by atoms with Crippen LogP contribution in [0.15, 0.2) is 53.5 Å². The van der Waals surface area contributed by atoms with Crippen molar-refractivity contribution in [1.29, 1.82) is 0 Å². The van der Waals surface area contributed by atoms with Crippen molar-refractivity contribution in [1.82, 2.24) is 4.57 Å². The predicted octanol–water partition coefficient (Wildman–Crippen LogP) is 1.29. The summed E-state index contributed by atoms with van der Waals surface area (Å²) in [4.78, 5) is 23.1. The van der Waals surface area contributed by atoms with Crippen molar-refractivity contribution in [3.8, 4) is 0 Å². The molecule has 0 unspecified atom stereocenters. The number of nitrogens with two attached hydrogens (primary N) is 1. The molecule has 1 aromatic carbocycles. The van der Waals surface area contributed by atoms with E-state index in [4.69, 9.17) is 10.5 Å². The Bertz CT molecular complexity index is 617. The number of carbonyl (C=O) groups is 1. The number of hydrogen-bond donors (Lipinski definition) is 1. The van der Waals surface area contributed by atoms with Crippen LogP contribution in [0.5, 0.6) is 0 Å². The fourth-order valence-electron chi connectivity index (χ4n) is 1.58. The van der Waals surface area contributed by atoms with Crippen molar-refractivity contribution in [2.75, 3.05) is 12.3 Å². The first-order chi connectivity index (χ1) is 9.16. The van der Waals surface area contributed by atoms with Crippen LogP contribution in [0.3, 0.4) is 0 Å². The molecule has 0 spiro atoms. The van der Waals surface area contributed by atoms with Gasteiger partial charge in [-0.25, -0.2) is 4.79 Å². The zero-order valence-corrected chi connectivity index (χ0v) is 10.3. The maximum absolute atomic E-state index is 11.7. The van der Waals surface area contributed by atoms with Gasteiger partial charge in [0.05, 0.1) is 12.1 Å². The van der Waals surface area contributed by atoms with Crippen LogP contribution in [0.25, 0.3) is 0 Å². The van der Waals surface area contributed by atoms with E-state index in [0.29, 0.717) is 17.8 Å². The average molecular weight is 258 g/mol. The summed E-state index contributed by atoms with van der Waals surface area (Å²) in [6.07, 6.45) is 1.65. The molecule has 0 saturated heterocycles. The highest BCUT2D eigenvalue weighted by Gasteiger charge is 2.06. The normalized spacial score (nSPS) is 10.1. The van der Waals surface area contributed by atoms with E-state index in [0.717, 1.165) is 0 Å². The van der Waals surface area contributed by atoms with Gasteiger partial charge >= 0.3 is 5.97 Å². The molecular weight excluding hydrogens is 244 g/mol. The summed E-state index contributed by atoms with van der Waals surface area (Å²) in [6.45, 7) is 0.480. The first kappa shape index (κ1) is 12.9. The number of aromatic nitrogens is 1. The van der Waals surface area contributed by atoms with Crippen LogP contribution in [-0.2, 0) is 11.3 Å². The van der Waals surface area contributed by atoms with Gasteiger partial charge < -0.3 is 15.0 Å². The molecular formula is C14H14N2O3. The number of rotatable bonds is 4. The Balaban J connectivity index is 1.89. The molecule has 1 aromatic heterocycles. The van der Waals surface area contributed by atoms with Gasteiger partial charge in [-0.1, -0.05) is 6.07 Å². The number of anilines is 1. The zero-order chi connectivity index (χ0) is 13.7. The summed E-state index contributed by atoms with van der Waals surface area (Å²) in [5, 5.41) is 0. The third-order valence-corrected chi connectivity index (χ3v) is 2.61. The summed E-state index contributed by atoms with van der Waals surface area (Å²) >= 11 is 0. The summed E-state index contributed by atoms with van der Waals surface area (Å²) < 4.78 is 6.57. The van der Waals surface area contributed by atoms with E-state index in [-0.39, 0.29) is 12.2 Å². The van der Waals surface area contributed by atoms with Gasteiger partial charge in [0.25, 0.3) is 5.56 Å². The smallest absolute Gasteiger partial charge is 0.338 e. The molecule has 5 nitrogen and oxygen atoms in total. The second-order valence-electron chi connectivity index (χ2n) is 3.99. The molecule has 0 saturated carbocycles. The quantitative estimate of drug-likeness (QED) is 0.662. The van der Waals surface area contributed by atoms with Crippen molar-refractivity contribution in [3.63, 3.8) is 0 Å². The van der Waals surface area contributed by atoms with Crippen LogP contribution in [0.2, 0.25) is 0 Å². The Morgan fingerprint density at radius 3 is 2.58 bits per heavy atom. The van der Waals surface area contributed by atoms with Crippen LogP contribution >= 0.6 is 0 Å². The summed E-state index contributed by atoms with van der Waals surface area (Å²) in [6, 6.07) is 11.4. The van der Waals surface area contributed by atoms with E-state index >= 15 is 0 Å². The highest BCUT2D eigenvalue weighted by Crippen LogP contribution is 2.06. The lowest BCUT2D eigenvalue weighted by Crippen LogP contribution is -2.21. The Morgan fingerprint density at radius 2 is 1.89 bits per heavy atom. The van der Waals surface area contributed by atoms with Gasteiger partial charge in [-0.15, -0.1) is 0 Å². The minimum absolute atomic E-state index is 0.119. The maximum Gasteiger partial charge on any atom is 0.338 e. The molecule has 2 rings (SSSR count). The first-order valence-corrected chi connectivity index (χ1v) is 5.85. The molecule has 0 amide bonds. The van der Waals surface area contributed by atoms with Crippen molar-refractivity contribution >= 4 is 11.7 Å². The summed E-state index contributed by atoms with van der Waals surface area (Å²) in [7, 11) is 0. The number of nitrogens with zero attached hydrogens (tertiary/aromatic N) is 1. The average Bonchev–Trinajstić information content (AvgIpc) is 2.41. The summed E-state index contributed by atoms with van der Waals surface area (Å²) in [5.74, 6) is -0.427. The Labute approximate surface area is 110 Å². The molecule has 2 aromatic rings. The van der Waals surface area contributed by atoms with E-state index in [1.807, 2.05) is 0 Å². The number of esters is 1. The van der Waals surface area contributed by atoms with Gasteiger partial charge in [-0.3, -0.25) is 4.79 Å². The number of hydrogen-bond acceptors (Lipinski definition) is 4. The molecule has 0 aliphatic heterocycles. The second kappa shape index (κ2) is 5.86. The SMILES string of the molecule is Nc1ccc(C(=O)OCCn2ccccc2=O)cc1. The lowest BCUT2D eigenvalue weighted by atomic mass is 10.2. The second-order valence-corrected chi connectivity index (χ2v) is 3.99. The maximum atomic E-state index is 11.7. The van der Waals surface area contributed by atoms with Gasteiger partial charge in [-0.05, 0) is 30.3 Å². The van der Waals surface area contributed by atoms with Crippen LogP contribution in [-0.4, -0.2) is 17.1 Å². The molecule has 19 heavy (non-hydrogen) atoms. The molecule has 0 fully saturated rings. The number of nitrogen functional groups attached to an aromatic ring is 1. The molecule has 0 aliphatic rings. The monoisotopic (exact) mass is 258 g/mol. The predicted molar refractivity (Wildman–Crippen MR) is 71.8 cm³/mol. The lowest BCUT2D eigenvalue weighted by molar-refractivity contribution is 0.0490. The zero-order valence-electron chi connectivity index (χ0n) is 10.3. The minimum atomic E-state index is -0.427. The van der Waals surface area contributed by atoms with Crippen LogP contribution in [0, 0.1) is 0 Å². The standard InChI is InChI=1S/C14H14N2O3/c15-12-6-4-11(5-7-12)14(18)19-10-9-16-8-2-1-3-13(16)17/h1-8H,9-10,15H2. The van der Waals surface area contributed by atoms with Crippen molar-refractivity contribution in [2.24, 2.45) is 0 Å². The van der Waals surface area contributed by atoms with Gasteiger partial charge in [0.1, 0.15) is 6.61 Å². The number of benzene rings is 1. The van der Waals surface area contributed by atoms with Gasteiger partial charge in [0.15, 0.2) is 0 Å². The molecule has 2 N–H and O–H groups in total. The van der Waals surface area contributed by atoms with E-state index in [2.05, 4.69) is 0 Å².